The Bertz CT molecular complexity index is 960. The number of aromatic nitrogens is 4. The number of alkyl halides is 5. The molecule has 1 aliphatic heterocycles. The molecule has 1 saturated heterocycles. The van der Waals surface area contributed by atoms with Crippen molar-refractivity contribution in [2.75, 3.05) is 31.1 Å². The van der Waals surface area contributed by atoms with Crippen LogP contribution in [-0.4, -0.2) is 51.9 Å². The van der Waals surface area contributed by atoms with Gasteiger partial charge in [0, 0.05) is 31.7 Å². The van der Waals surface area contributed by atoms with E-state index in [-0.39, 0.29) is 11.0 Å². The molecule has 1 fully saturated rings. The lowest BCUT2D eigenvalue weighted by Gasteiger charge is -2.28. The maximum Gasteiger partial charge on any atom is 0.458 e. The van der Waals surface area contributed by atoms with Crippen LogP contribution in [0.4, 0.5) is 27.8 Å². The molecule has 1 aliphatic rings. The third-order valence-corrected chi connectivity index (χ3v) is 4.31. The molecule has 0 amide bonds. The molecule has 2 aromatic heterocycles. The molecule has 0 unspecified atom stereocenters. The van der Waals surface area contributed by atoms with Crippen molar-refractivity contribution in [2.45, 2.75) is 12.1 Å². The summed E-state index contributed by atoms with van der Waals surface area (Å²) in [4.78, 5) is 10.5. The molecule has 0 aliphatic carbocycles. The van der Waals surface area contributed by atoms with Crippen LogP contribution in [0.5, 0.6) is 0 Å². The largest absolute Gasteiger partial charge is 0.458 e. The summed E-state index contributed by atoms with van der Waals surface area (Å²) in [6.45, 7) is 2.84. The minimum atomic E-state index is -5.68. The third kappa shape index (κ3) is 2.54. The monoisotopic (exact) mass is 372 g/mol. The van der Waals surface area contributed by atoms with Crippen LogP contribution in [0.1, 0.15) is 5.56 Å². The molecule has 0 atom stereocenters. The molecule has 0 saturated carbocycles. The van der Waals surface area contributed by atoms with Gasteiger partial charge in [-0.2, -0.15) is 27.1 Å². The molecular weight excluding hydrogens is 359 g/mol. The van der Waals surface area contributed by atoms with E-state index in [9.17, 15) is 22.0 Å². The highest BCUT2D eigenvalue weighted by Gasteiger charge is 2.58. The summed E-state index contributed by atoms with van der Waals surface area (Å²) >= 11 is 0. The van der Waals surface area contributed by atoms with E-state index in [1.165, 1.54) is 10.8 Å². The molecule has 138 valence electrons. The first-order valence-electron chi connectivity index (χ1n) is 7.83. The number of halogens is 5. The van der Waals surface area contributed by atoms with Gasteiger partial charge in [-0.3, -0.25) is 0 Å². The van der Waals surface area contributed by atoms with E-state index in [0.29, 0.717) is 24.6 Å². The van der Waals surface area contributed by atoms with Crippen molar-refractivity contribution in [2.24, 2.45) is 0 Å². The highest BCUT2D eigenvalue weighted by Crippen LogP contribution is 2.44. The maximum atomic E-state index is 13.7. The summed E-state index contributed by atoms with van der Waals surface area (Å²) in [7, 11) is 0. The van der Waals surface area contributed by atoms with E-state index in [1.54, 1.807) is 0 Å². The van der Waals surface area contributed by atoms with E-state index in [4.69, 9.17) is 0 Å². The van der Waals surface area contributed by atoms with Crippen LogP contribution in [0.15, 0.2) is 24.5 Å². The second-order valence-electron chi connectivity index (χ2n) is 5.94. The van der Waals surface area contributed by atoms with Gasteiger partial charge in [0.2, 0.25) is 0 Å². The van der Waals surface area contributed by atoms with Gasteiger partial charge < -0.3 is 10.2 Å². The highest BCUT2D eigenvalue weighted by molar-refractivity contribution is 5.83. The Labute approximate surface area is 143 Å². The molecule has 1 N–H and O–H groups in total. The molecule has 1 aromatic carbocycles. The third-order valence-electron chi connectivity index (χ3n) is 4.31. The Morgan fingerprint density at radius 2 is 1.77 bits per heavy atom. The van der Waals surface area contributed by atoms with Gasteiger partial charge in [0.05, 0.1) is 11.0 Å². The molecular formula is C15H13F5N6. The Kier molecular flexibility index (Phi) is 3.72. The van der Waals surface area contributed by atoms with Crippen LogP contribution in [0, 0.1) is 0 Å². The average molecular weight is 372 g/mol. The van der Waals surface area contributed by atoms with Crippen molar-refractivity contribution < 1.29 is 22.0 Å². The first-order valence-corrected chi connectivity index (χ1v) is 7.83. The van der Waals surface area contributed by atoms with E-state index in [2.05, 4.69) is 20.4 Å². The van der Waals surface area contributed by atoms with Gasteiger partial charge in [0.15, 0.2) is 11.5 Å². The van der Waals surface area contributed by atoms with Crippen LogP contribution in [0.25, 0.3) is 16.7 Å². The Hall–Kier alpha value is -2.56. The summed E-state index contributed by atoms with van der Waals surface area (Å²) in [6.07, 6.45) is -4.47. The van der Waals surface area contributed by atoms with Crippen molar-refractivity contribution in [3.63, 3.8) is 0 Å². The van der Waals surface area contributed by atoms with Crippen LogP contribution < -0.4 is 10.2 Å². The van der Waals surface area contributed by atoms with Crippen LogP contribution in [0.3, 0.4) is 0 Å². The number of rotatable bonds is 2. The zero-order valence-electron chi connectivity index (χ0n) is 13.3. The summed E-state index contributed by atoms with van der Waals surface area (Å²) in [5.74, 6) is -4.45. The first kappa shape index (κ1) is 16.9. The molecule has 4 rings (SSSR count). The lowest BCUT2D eigenvalue weighted by Crippen LogP contribution is -2.44. The SMILES string of the molecule is FC(F)(F)C(F)(F)c1ccc2nc(N3CCNCC3)c3ncnn3c2c1. The number of benzene rings is 1. The lowest BCUT2D eigenvalue weighted by atomic mass is 10.1. The Morgan fingerprint density at radius 3 is 2.46 bits per heavy atom. The Balaban J connectivity index is 1.90. The van der Waals surface area contributed by atoms with Gasteiger partial charge in [-0.05, 0) is 12.1 Å². The van der Waals surface area contributed by atoms with Crippen molar-refractivity contribution in [1.82, 2.24) is 24.9 Å². The Morgan fingerprint density at radius 1 is 1.04 bits per heavy atom. The fourth-order valence-electron chi connectivity index (χ4n) is 2.97. The summed E-state index contributed by atoms with van der Waals surface area (Å²) < 4.78 is 66.6. The fourth-order valence-corrected chi connectivity index (χ4v) is 2.97. The first-order chi connectivity index (χ1) is 12.3. The van der Waals surface area contributed by atoms with Crippen LogP contribution >= 0.6 is 0 Å². The molecule has 11 heteroatoms. The number of anilines is 1. The standard InChI is InChI=1S/C15H13F5N6/c16-14(17,15(18,19)20)9-1-2-10-11(7-9)26-12(22-8-23-26)13(24-10)25-5-3-21-4-6-25/h1-2,7-8,21H,3-6H2. The van der Waals surface area contributed by atoms with E-state index >= 15 is 0 Å². The topological polar surface area (TPSA) is 58.4 Å². The van der Waals surface area contributed by atoms with Crippen molar-refractivity contribution in [3.05, 3.63) is 30.1 Å². The number of hydrogen-bond donors (Lipinski definition) is 1. The lowest BCUT2D eigenvalue weighted by molar-refractivity contribution is -0.289. The zero-order chi connectivity index (χ0) is 18.5. The molecule has 0 radical (unpaired) electrons. The quantitative estimate of drug-likeness (QED) is 0.700. The second kappa shape index (κ2) is 5.73. The minimum absolute atomic E-state index is 0.0396. The predicted octanol–water partition coefficient (Wildman–Crippen LogP) is 2.34. The van der Waals surface area contributed by atoms with Gasteiger partial charge in [0.1, 0.15) is 6.33 Å². The molecule has 6 nitrogen and oxygen atoms in total. The molecule has 0 bridgehead atoms. The molecule has 3 aromatic rings. The fraction of sp³-hybridized carbons (Fsp3) is 0.400. The molecule has 3 heterocycles. The summed E-state index contributed by atoms with van der Waals surface area (Å²) in [5, 5.41) is 7.18. The number of nitrogens with one attached hydrogen (secondary N) is 1. The number of fused-ring (bicyclic) bond motifs is 3. The highest BCUT2D eigenvalue weighted by atomic mass is 19.4. The van der Waals surface area contributed by atoms with E-state index in [1.807, 2.05) is 4.90 Å². The number of nitrogens with zero attached hydrogens (tertiary/aromatic N) is 5. The van der Waals surface area contributed by atoms with Crippen LogP contribution in [-0.2, 0) is 5.92 Å². The zero-order valence-corrected chi connectivity index (χ0v) is 13.3. The average Bonchev–Trinajstić information content (AvgIpc) is 3.10. The number of piperazine rings is 1. The molecule has 26 heavy (non-hydrogen) atoms. The van der Waals surface area contributed by atoms with Crippen molar-refractivity contribution in [3.8, 4) is 0 Å². The van der Waals surface area contributed by atoms with Gasteiger partial charge >= 0.3 is 12.1 Å². The van der Waals surface area contributed by atoms with Gasteiger partial charge in [0.25, 0.3) is 0 Å². The summed E-state index contributed by atoms with van der Waals surface area (Å²) in [5.41, 5.74) is -0.547. The van der Waals surface area contributed by atoms with Crippen LogP contribution in [0.2, 0.25) is 0 Å². The maximum absolute atomic E-state index is 13.7. The normalized spacial score (nSPS) is 16.6. The number of hydrogen-bond acceptors (Lipinski definition) is 5. The molecule has 0 spiro atoms. The van der Waals surface area contributed by atoms with Gasteiger partial charge in [-0.25, -0.2) is 14.5 Å². The van der Waals surface area contributed by atoms with E-state index < -0.39 is 17.7 Å². The smallest absolute Gasteiger partial charge is 0.351 e. The van der Waals surface area contributed by atoms with Gasteiger partial charge in [-0.1, -0.05) is 6.07 Å². The van der Waals surface area contributed by atoms with Gasteiger partial charge in [-0.15, -0.1) is 0 Å². The summed E-state index contributed by atoms with van der Waals surface area (Å²) in [6, 6.07) is 2.66. The second-order valence-corrected chi connectivity index (χ2v) is 5.94. The predicted molar refractivity (Wildman–Crippen MR) is 83.3 cm³/mol. The van der Waals surface area contributed by atoms with Crippen molar-refractivity contribution >= 4 is 22.5 Å². The van der Waals surface area contributed by atoms with Crippen molar-refractivity contribution in [1.29, 1.82) is 0 Å². The minimum Gasteiger partial charge on any atom is -0.351 e. The van der Waals surface area contributed by atoms with E-state index in [0.717, 1.165) is 31.3 Å².